The summed E-state index contributed by atoms with van der Waals surface area (Å²) in [5.74, 6) is -0.249. The standard InChI is InChI=1S/C11H15FN2O2/c1-16-8-14-11(15)13-7-6-9-4-2-3-5-10(9)12/h2-5H,6-8H2,1H3,(H2,13,14,15). The lowest BCUT2D eigenvalue weighted by Gasteiger charge is -2.07. The number of urea groups is 1. The second-order valence-electron chi connectivity index (χ2n) is 3.21. The van der Waals surface area contributed by atoms with Gasteiger partial charge in [-0.05, 0) is 18.1 Å². The van der Waals surface area contributed by atoms with Gasteiger partial charge in [-0.15, -0.1) is 0 Å². The first-order valence-corrected chi connectivity index (χ1v) is 4.98. The second kappa shape index (κ2) is 6.79. The van der Waals surface area contributed by atoms with E-state index in [0.29, 0.717) is 18.5 Å². The number of hydrogen-bond donors (Lipinski definition) is 2. The molecular formula is C11H15FN2O2. The fourth-order valence-corrected chi connectivity index (χ4v) is 1.21. The zero-order valence-corrected chi connectivity index (χ0v) is 9.13. The highest BCUT2D eigenvalue weighted by Crippen LogP contribution is 2.05. The fourth-order valence-electron chi connectivity index (χ4n) is 1.21. The number of carbonyl (C=O) groups excluding carboxylic acids is 1. The Bertz CT molecular complexity index is 345. The van der Waals surface area contributed by atoms with Crippen molar-refractivity contribution < 1.29 is 13.9 Å². The minimum absolute atomic E-state index is 0.158. The van der Waals surface area contributed by atoms with Gasteiger partial charge in [-0.1, -0.05) is 18.2 Å². The molecule has 1 rings (SSSR count). The van der Waals surface area contributed by atoms with Gasteiger partial charge in [0.15, 0.2) is 0 Å². The van der Waals surface area contributed by atoms with Crippen molar-refractivity contribution >= 4 is 6.03 Å². The highest BCUT2D eigenvalue weighted by molar-refractivity contribution is 5.73. The van der Waals surface area contributed by atoms with Crippen molar-refractivity contribution in [3.63, 3.8) is 0 Å². The van der Waals surface area contributed by atoms with Gasteiger partial charge in [-0.3, -0.25) is 0 Å². The molecule has 88 valence electrons. The van der Waals surface area contributed by atoms with Crippen molar-refractivity contribution in [3.05, 3.63) is 35.6 Å². The van der Waals surface area contributed by atoms with Gasteiger partial charge in [0, 0.05) is 13.7 Å². The molecule has 4 nitrogen and oxygen atoms in total. The zero-order chi connectivity index (χ0) is 11.8. The Labute approximate surface area is 93.8 Å². The molecule has 1 aromatic rings. The minimum atomic E-state index is -0.321. The number of nitrogens with one attached hydrogen (secondary N) is 2. The number of methoxy groups -OCH3 is 1. The van der Waals surface area contributed by atoms with Crippen LogP contribution in [0.5, 0.6) is 0 Å². The van der Waals surface area contributed by atoms with Crippen molar-refractivity contribution in [2.75, 3.05) is 20.4 Å². The van der Waals surface area contributed by atoms with E-state index >= 15 is 0 Å². The van der Waals surface area contributed by atoms with E-state index in [1.54, 1.807) is 18.2 Å². The Morgan fingerprint density at radius 1 is 1.38 bits per heavy atom. The molecular weight excluding hydrogens is 211 g/mol. The summed E-state index contributed by atoms with van der Waals surface area (Å²) in [5.41, 5.74) is 0.592. The fraction of sp³-hybridized carbons (Fsp3) is 0.364. The summed E-state index contributed by atoms with van der Waals surface area (Å²) in [6.45, 7) is 0.544. The number of ether oxygens (including phenoxy) is 1. The van der Waals surface area contributed by atoms with Gasteiger partial charge >= 0.3 is 6.03 Å². The molecule has 2 amide bonds. The topological polar surface area (TPSA) is 50.4 Å². The Hall–Kier alpha value is -1.62. The normalized spacial score (nSPS) is 9.88. The Morgan fingerprint density at radius 3 is 2.81 bits per heavy atom. The average molecular weight is 226 g/mol. The van der Waals surface area contributed by atoms with Gasteiger partial charge in [-0.25, -0.2) is 9.18 Å². The number of benzene rings is 1. The van der Waals surface area contributed by atoms with E-state index in [-0.39, 0.29) is 18.6 Å². The molecule has 2 N–H and O–H groups in total. The van der Waals surface area contributed by atoms with E-state index in [1.807, 2.05) is 0 Å². The predicted molar refractivity (Wildman–Crippen MR) is 58.5 cm³/mol. The SMILES string of the molecule is COCNC(=O)NCCc1ccccc1F. The second-order valence-corrected chi connectivity index (χ2v) is 3.21. The quantitative estimate of drug-likeness (QED) is 0.743. The lowest BCUT2D eigenvalue weighted by atomic mass is 10.1. The van der Waals surface area contributed by atoms with Crippen molar-refractivity contribution in [2.45, 2.75) is 6.42 Å². The van der Waals surface area contributed by atoms with Crippen LogP contribution in [0.2, 0.25) is 0 Å². The molecule has 0 spiro atoms. The largest absolute Gasteiger partial charge is 0.364 e. The van der Waals surface area contributed by atoms with Crippen LogP contribution in [-0.4, -0.2) is 26.4 Å². The van der Waals surface area contributed by atoms with Gasteiger partial charge in [0.1, 0.15) is 12.5 Å². The maximum absolute atomic E-state index is 13.2. The summed E-state index contributed by atoms with van der Waals surface area (Å²) in [7, 11) is 1.49. The minimum Gasteiger partial charge on any atom is -0.364 e. The van der Waals surface area contributed by atoms with Crippen molar-refractivity contribution in [2.24, 2.45) is 0 Å². The number of amides is 2. The van der Waals surface area contributed by atoms with Gasteiger partial charge in [0.25, 0.3) is 0 Å². The summed E-state index contributed by atoms with van der Waals surface area (Å²) in [6.07, 6.45) is 0.465. The summed E-state index contributed by atoms with van der Waals surface area (Å²) in [5, 5.41) is 5.06. The molecule has 0 aliphatic heterocycles. The van der Waals surface area contributed by atoms with E-state index in [1.165, 1.54) is 13.2 Å². The third kappa shape index (κ3) is 4.27. The molecule has 0 aliphatic rings. The molecule has 1 aromatic carbocycles. The van der Waals surface area contributed by atoms with Crippen molar-refractivity contribution in [3.8, 4) is 0 Å². The molecule has 0 saturated heterocycles. The molecule has 0 radical (unpaired) electrons. The third-order valence-electron chi connectivity index (χ3n) is 2.01. The molecule has 0 bridgehead atoms. The van der Waals surface area contributed by atoms with Crippen LogP contribution in [0.25, 0.3) is 0 Å². The number of hydrogen-bond acceptors (Lipinski definition) is 2. The maximum atomic E-state index is 13.2. The van der Waals surface area contributed by atoms with Crippen LogP contribution >= 0.6 is 0 Å². The molecule has 0 atom stereocenters. The highest BCUT2D eigenvalue weighted by atomic mass is 19.1. The van der Waals surface area contributed by atoms with Crippen LogP contribution in [0.3, 0.4) is 0 Å². The first-order chi connectivity index (χ1) is 7.74. The summed E-state index contributed by atoms with van der Waals surface area (Å²) >= 11 is 0. The first kappa shape index (κ1) is 12.4. The Balaban J connectivity index is 2.25. The smallest absolute Gasteiger partial charge is 0.316 e. The lowest BCUT2D eigenvalue weighted by Crippen LogP contribution is -2.37. The van der Waals surface area contributed by atoms with Crippen LogP contribution in [0, 0.1) is 5.82 Å². The van der Waals surface area contributed by atoms with Crippen LogP contribution in [0.15, 0.2) is 24.3 Å². The van der Waals surface area contributed by atoms with Gasteiger partial charge < -0.3 is 15.4 Å². The van der Waals surface area contributed by atoms with Gasteiger partial charge in [-0.2, -0.15) is 0 Å². The molecule has 0 heterocycles. The Morgan fingerprint density at radius 2 is 2.12 bits per heavy atom. The monoisotopic (exact) mass is 226 g/mol. The van der Waals surface area contributed by atoms with Crippen LogP contribution < -0.4 is 10.6 Å². The van der Waals surface area contributed by atoms with Crippen molar-refractivity contribution in [1.82, 2.24) is 10.6 Å². The summed E-state index contributed by atoms with van der Waals surface area (Å²) < 4.78 is 17.8. The molecule has 0 fully saturated rings. The van der Waals surface area contributed by atoms with E-state index in [9.17, 15) is 9.18 Å². The predicted octanol–water partition coefficient (Wildman–Crippen LogP) is 1.27. The summed E-state index contributed by atoms with van der Waals surface area (Å²) in [6, 6.07) is 6.18. The number of carbonyl (C=O) groups is 1. The van der Waals surface area contributed by atoms with E-state index in [4.69, 9.17) is 0 Å². The molecule has 0 aliphatic carbocycles. The molecule has 0 unspecified atom stereocenters. The van der Waals surface area contributed by atoms with E-state index < -0.39 is 0 Å². The molecule has 5 heteroatoms. The Kier molecular flexibility index (Phi) is 5.28. The lowest BCUT2D eigenvalue weighted by molar-refractivity contribution is 0.172. The van der Waals surface area contributed by atoms with E-state index in [0.717, 1.165) is 0 Å². The van der Waals surface area contributed by atoms with Crippen molar-refractivity contribution in [1.29, 1.82) is 0 Å². The first-order valence-electron chi connectivity index (χ1n) is 4.98. The highest BCUT2D eigenvalue weighted by Gasteiger charge is 2.01. The van der Waals surface area contributed by atoms with Crippen LogP contribution in [0.4, 0.5) is 9.18 Å². The average Bonchev–Trinajstić information content (AvgIpc) is 2.29. The maximum Gasteiger partial charge on any atom is 0.316 e. The zero-order valence-electron chi connectivity index (χ0n) is 9.13. The molecule has 0 aromatic heterocycles. The van der Waals surface area contributed by atoms with Gasteiger partial charge in [0.2, 0.25) is 0 Å². The summed E-state index contributed by atoms with van der Waals surface area (Å²) in [4.78, 5) is 11.1. The molecule has 0 saturated carbocycles. The number of rotatable bonds is 5. The van der Waals surface area contributed by atoms with E-state index in [2.05, 4.69) is 15.4 Å². The van der Waals surface area contributed by atoms with Gasteiger partial charge in [0.05, 0.1) is 0 Å². The molecule has 16 heavy (non-hydrogen) atoms. The van der Waals surface area contributed by atoms with Crippen LogP contribution in [0.1, 0.15) is 5.56 Å². The third-order valence-corrected chi connectivity index (χ3v) is 2.01. The van der Waals surface area contributed by atoms with Crippen LogP contribution in [-0.2, 0) is 11.2 Å². The number of halogens is 1.